The maximum Gasteiger partial charge on any atom is 2.00 e. The van der Waals surface area contributed by atoms with Crippen molar-refractivity contribution in [3.63, 3.8) is 0 Å². The summed E-state index contributed by atoms with van der Waals surface area (Å²) in [4.78, 5) is 0. The van der Waals surface area contributed by atoms with Crippen LogP contribution < -0.4 is 13.8 Å². The molecule has 0 aliphatic carbocycles. The molecular weight excluding hydrogens is 637 g/mol. The smallest absolute Gasteiger partial charge is 0 e. The summed E-state index contributed by atoms with van der Waals surface area (Å²) in [6.45, 7) is 0. The predicted molar refractivity (Wildman–Crippen MR) is 12.9 cm³/mol. The summed E-state index contributed by atoms with van der Waals surface area (Å²) in [7, 11) is 0. The van der Waals surface area contributed by atoms with E-state index in [0.29, 0.717) is 0 Å². The van der Waals surface area contributed by atoms with Gasteiger partial charge in [-0.25, -0.2) is 0 Å². The fourth-order valence-corrected chi connectivity index (χ4v) is 0. The average molecular weight is 637 g/mol. The van der Waals surface area contributed by atoms with E-state index in [9.17, 15) is 0 Å². The van der Waals surface area contributed by atoms with Crippen molar-refractivity contribution in [3.8, 4) is 0 Å². The molecule has 12 heteroatoms. The standard InChI is InChI=1S/Ag.6O.2Sn.3Zn/q;;;4*-1;;;;2*+2. The van der Waals surface area contributed by atoms with Crippen LogP contribution in [0.2, 0.25) is 0 Å². The Morgan fingerprint density at radius 2 is 0.750 bits per heavy atom. The topological polar surface area (TPSA) is 126 Å². The van der Waals surface area contributed by atoms with E-state index in [1.807, 2.05) is 0 Å². The van der Waals surface area contributed by atoms with Crippen LogP contribution in [0.5, 0.6) is 0 Å². The normalized spacial score (nSPS) is 4.33. The van der Waals surface area contributed by atoms with Gasteiger partial charge in [-0.05, 0) is 0 Å². The Labute approximate surface area is 139 Å². The molecule has 0 atom stereocenters. The van der Waals surface area contributed by atoms with Crippen LogP contribution in [0.3, 0.4) is 0 Å². The van der Waals surface area contributed by atoms with Gasteiger partial charge in [0, 0.05) is 41.9 Å². The average Bonchev–Trinajstić information content (AvgIpc) is 1.25. The molecule has 0 N–H and O–H groups in total. The monoisotopic (exact) mass is 634 g/mol. The van der Waals surface area contributed by atoms with Gasteiger partial charge in [-0.1, -0.05) is 0 Å². The zero-order chi connectivity index (χ0) is 7.15. The first-order valence-electron chi connectivity index (χ1n) is 1.22. The Morgan fingerprint density at radius 3 is 0.750 bits per heavy atom. The molecule has 0 aliphatic rings. The quantitative estimate of drug-likeness (QED) is 0.244. The maximum absolute atomic E-state index is 8.61. The molecule has 0 aromatic heterocycles. The molecule has 0 aromatic carbocycles. The van der Waals surface area contributed by atoms with Crippen LogP contribution in [0.15, 0.2) is 0 Å². The molecular formula is AgO6Sn2Zn3. The summed E-state index contributed by atoms with van der Waals surface area (Å²) in [5.41, 5.74) is 0. The molecule has 1 radical (unpaired) electrons. The maximum atomic E-state index is 8.61. The van der Waals surface area contributed by atoms with Gasteiger partial charge >= 0.3 is 100 Å². The van der Waals surface area contributed by atoms with Crippen LogP contribution in [-0.4, -0.2) is 41.1 Å². The molecule has 6 nitrogen and oxygen atoms in total. The van der Waals surface area contributed by atoms with Gasteiger partial charge in [0.05, 0.1) is 0 Å². The van der Waals surface area contributed by atoms with Gasteiger partial charge in [-0.2, -0.15) is 0 Å². The largest absolute Gasteiger partial charge is 2.00 e. The SMILES string of the molecule is [Ag].[O]=[Sn]([O-])[O-].[O]=[Sn]([O-])[O-].[Zn+2].[Zn+2].[Zn]. The Bertz CT molecular complexity index is 78.8. The first-order chi connectivity index (χ1) is 3.46. The molecule has 0 saturated heterocycles. The van der Waals surface area contributed by atoms with Gasteiger partial charge in [0.1, 0.15) is 0 Å². The number of hydrogen-bond donors (Lipinski definition) is 0. The van der Waals surface area contributed by atoms with Crippen molar-refractivity contribution in [2.45, 2.75) is 0 Å². The number of hydrogen-bond acceptors (Lipinski definition) is 6. The third-order valence-electron chi connectivity index (χ3n) is 0. The van der Waals surface area contributed by atoms with Crippen molar-refractivity contribution >= 4 is 41.1 Å². The Morgan fingerprint density at radius 1 is 0.750 bits per heavy atom. The van der Waals surface area contributed by atoms with Crippen LogP contribution in [0.4, 0.5) is 0 Å². The van der Waals surface area contributed by atoms with Crippen molar-refractivity contribution in [2.24, 2.45) is 0 Å². The van der Waals surface area contributed by atoms with Crippen molar-refractivity contribution in [1.82, 2.24) is 0 Å². The van der Waals surface area contributed by atoms with Gasteiger partial charge in [-0.15, -0.1) is 0 Å². The third kappa shape index (κ3) is 164. The Kier molecular flexibility index (Phi) is 88.1. The minimum atomic E-state index is -4.29. The fourth-order valence-electron chi connectivity index (χ4n) is 0. The molecule has 0 saturated carbocycles. The summed E-state index contributed by atoms with van der Waals surface area (Å²) in [6.07, 6.45) is 0. The molecule has 0 rings (SSSR count). The molecule has 0 bridgehead atoms. The fraction of sp³-hybridized carbons (Fsp3) is 0. The van der Waals surface area contributed by atoms with Crippen molar-refractivity contribution in [1.29, 1.82) is 0 Å². The van der Waals surface area contributed by atoms with Gasteiger partial charge in [-0.3, -0.25) is 0 Å². The van der Waals surface area contributed by atoms with Crippen LogP contribution in [0.1, 0.15) is 0 Å². The molecule has 0 aromatic rings. The van der Waals surface area contributed by atoms with E-state index in [1.54, 1.807) is 0 Å². The van der Waals surface area contributed by atoms with Gasteiger partial charge in [0.2, 0.25) is 0 Å². The Balaban J connectivity index is -0.0000000112. The van der Waals surface area contributed by atoms with E-state index < -0.39 is 41.1 Å². The predicted octanol–water partition coefficient (Wildman–Crippen LogP) is -5.77. The van der Waals surface area contributed by atoms with Gasteiger partial charge in [0.15, 0.2) is 0 Å². The summed E-state index contributed by atoms with van der Waals surface area (Å²) >= 11 is -8.59. The Hall–Kier alpha value is 3.65. The molecule has 0 fully saturated rings. The number of rotatable bonds is 0. The zero-order valence-corrected chi connectivity index (χ0v) is 22.0. The minimum Gasteiger partial charge on any atom is 0 e. The van der Waals surface area contributed by atoms with Crippen molar-refractivity contribution in [3.05, 3.63) is 0 Å². The first kappa shape index (κ1) is 36.1. The summed E-state index contributed by atoms with van der Waals surface area (Å²) < 4.78 is 51.7. The van der Waals surface area contributed by atoms with Crippen molar-refractivity contribution < 1.29 is 101 Å². The van der Waals surface area contributed by atoms with E-state index in [-0.39, 0.29) is 80.8 Å². The van der Waals surface area contributed by atoms with E-state index in [1.165, 1.54) is 0 Å². The van der Waals surface area contributed by atoms with Crippen LogP contribution in [-0.2, 0) is 87.0 Å². The summed E-state index contributed by atoms with van der Waals surface area (Å²) in [5.74, 6) is 0. The zero-order valence-electron chi connectivity index (χ0n) is 5.87. The van der Waals surface area contributed by atoms with Crippen molar-refractivity contribution in [2.75, 3.05) is 0 Å². The van der Waals surface area contributed by atoms with Crippen LogP contribution in [0.25, 0.3) is 0 Å². The van der Waals surface area contributed by atoms with E-state index in [0.717, 1.165) is 0 Å². The second-order valence-electron chi connectivity index (χ2n) is 0.500. The third-order valence-corrected chi connectivity index (χ3v) is 0. The van der Waals surface area contributed by atoms with E-state index >= 15 is 0 Å². The van der Waals surface area contributed by atoms with E-state index in [2.05, 4.69) is 0 Å². The molecule has 0 unspecified atom stereocenters. The summed E-state index contributed by atoms with van der Waals surface area (Å²) in [6, 6.07) is 0. The molecule has 0 heterocycles. The molecule has 61 valence electrons. The first-order valence-corrected chi connectivity index (χ1v) is 8.22. The van der Waals surface area contributed by atoms with Crippen LogP contribution >= 0.6 is 0 Å². The molecule has 12 heavy (non-hydrogen) atoms. The summed E-state index contributed by atoms with van der Waals surface area (Å²) in [5, 5.41) is 0. The second kappa shape index (κ2) is 29.3. The minimum absolute atomic E-state index is 0. The molecule has 0 aliphatic heterocycles. The van der Waals surface area contributed by atoms with Gasteiger partial charge < -0.3 is 0 Å². The molecule has 0 amide bonds. The second-order valence-corrected chi connectivity index (χ2v) is 3.35. The van der Waals surface area contributed by atoms with E-state index in [4.69, 9.17) is 19.9 Å². The van der Waals surface area contributed by atoms with Crippen LogP contribution in [0, 0.1) is 0 Å². The molecule has 0 spiro atoms. The van der Waals surface area contributed by atoms with Gasteiger partial charge in [0.25, 0.3) is 0 Å².